The van der Waals surface area contributed by atoms with Gasteiger partial charge in [0.1, 0.15) is 0 Å². The number of aromatic hydroxyl groups is 1. The van der Waals surface area contributed by atoms with Crippen molar-refractivity contribution in [1.29, 1.82) is 0 Å². The third-order valence-electron chi connectivity index (χ3n) is 3.32. The lowest BCUT2D eigenvalue weighted by atomic mass is 10.0. The quantitative estimate of drug-likeness (QED) is 0.820. The molecule has 2 rings (SSSR count). The van der Waals surface area contributed by atoms with E-state index in [2.05, 4.69) is 0 Å². The summed E-state index contributed by atoms with van der Waals surface area (Å²) < 4.78 is 10.3. The monoisotopic (exact) mass is 237 g/mol. The molecular weight excluding hydrogens is 218 g/mol. The summed E-state index contributed by atoms with van der Waals surface area (Å²) in [5.74, 6) is 1.05. The van der Waals surface area contributed by atoms with E-state index in [-0.39, 0.29) is 11.3 Å². The fraction of sp³-hybridized carbons (Fsp3) is 0.538. The second kappa shape index (κ2) is 4.45. The fourth-order valence-electron chi connectivity index (χ4n) is 1.95. The van der Waals surface area contributed by atoms with E-state index in [1.54, 1.807) is 13.2 Å². The van der Waals surface area contributed by atoms with E-state index in [9.17, 15) is 5.11 Å². The van der Waals surface area contributed by atoms with E-state index < -0.39 is 0 Å². The lowest BCUT2D eigenvalue weighted by Gasteiger charge is -2.13. The molecular formula is C13H19NO3. The van der Waals surface area contributed by atoms with Crippen molar-refractivity contribution in [3.05, 3.63) is 17.7 Å². The molecule has 0 atom stereocenters. The molecule has 0 aliphatic heterocycles. The van der Waals surface area contributed by atoms with E-state index in [0.29, 0.717) is 11.5 Å². The first kappa shape index (κ1) is 12.0. The Kier molecular flexibility index (Phi) is 3.15. The SMILES string of the molecule is COc1cc(CCC2(N)CC2)cc(O)c1OC. The number of phenolic OH excluding ortho intramolecular Hbond substituents is 1. The van der Waals surface area contributed by atoms with Gasteiger partial charge in [-0.25, -0.2) is 0 Å². The highest BCUT2D eigenvalue weighted by Crippen LogP contribution is 2.40. The Hall–Kier alpha value is -1.42. The Labute approximate surface area is 101 Å². The Morgan fingerprint density at radius 2 is 2.00 bits per heavy atom. The Morgan fingerprint density at radius 1 is 1.29 bits per heavy atom. The molecule has 4 nitrogen and oxygen atoms in total. The highest BCUT2D eigenvalue weighted by molar-refractivity contribution is 5.53. The van der Waals surface area contributed by atoms with E-state index in [0.717, 1.165) is 31.2 Å². The number of methoxy groups -OCH3 is 2. The molecule has 94 valence electrons. The molecule has 0 heterocycles. The largest absolute Gasteiger partial charge is 0.504 e. The summed E-state index contributed by atoms with van der Waals surface area (Å²) in [5, 5.41) is 9.81. The first-order valence-corrected chi connectivity index (χ1v) is 5.81. The van der Waals surface area contributed by atoms with Crippen molar-refractivity contribution >= 4 is 0 Å². The van der Waals surface area contributed by atoms with Crippen LogP contribution in [-0.2, 0) is 6.42 Å². The average Bonchev–Trinajstić information content (AvgIpc) is 3.04. The lowest BCUT2D eigenvalue weighted by Crippen LogP contribution is -2.22. The van der Waals surface area contributed by atoms with Crippen LogP contribution in [0.15, 0.2) is 12.1 Å². The van der Waals surface area contributed by atoms with Crippen LogP contribution in [0, 0.1) is 0 Å². The molecule has 17 heavy (non-hydrogen) atoms. The van der Waals surface area contributed by atoms with Gasteiger partial charge in [-0.3, -0.25) is 0 Å². The molecule has 3 N–H and O–H groups in total. The molecule has 1 aromatic rings. The summed E-state index contributed by atoms with van der Waals surface area (Å²) in [6.07, 6.45) is 4.00. The summed E-state index contributed by atoms with van der Waals surface area (Å²) in [7, 11) is 3.07. The fourth-order valence-corrected chi connectivity index (χ4v) is 1.95. The van der Waals surface area contributed by atoms with Crippen molar-refractivity contribution in [1.82, 2.24) is 0 Å². The molecule has 0 radical (unpaired) electrons. The molecule has 1 fully saturated rings. The maximum absolute atomic E-state index is 9.81. The van der Waals surface area contributed by atoms with Crippen LogP contribution in [0.25, 0.3) is 0 Å². The highest BCUT2D eigenvalue weighted by atomic mass is 16.5. The van der Waals surface area contributed by atoms with Crippen LogP contribution in [0.2, 0.25) is 0 Å². The standard InChI is InChI=1S/C13H19NO3/c1-16-11-8-9(3-4-13(14)5-6-13)7-10(15)12(11)17-2/h7-8,15H,3-6,14H2,1-2H3. The van der Waals surface area contributed by atoms with Crippen molar-refractivity contribution in [3.63, 3.8) is 0 Å². The molecule has 0 aromatic heterocycles. The maximum Gasteiger partial charge on any atom is 0.203 e. The molecule has 1 saturated carbocycles. The minimum atomic E-state index is 0.0305. The number of phenols is 1. The van der Waals surface area contributed by atoms with Crippen LogP contribution in [-0.4, -0.2) is 24.9 Å². The van der Waals surface area contributed by atoms with E-state index >= 15 is 0 Å². The van der Waals surface area contributed by atoms with Crippen LogP contribution in [0.5, 0.6) is 17.2 Å². The molecule has 0 saturated heterocycles. The molecule has 1 aliphatic carbocycles. The number of hydrogen-bond acceptors (Lipinski definition) is 4. The van der Waals surface area contributed by atoms with Crippen molar-refractivity contribution in [2.45, 2.75) is 31.2 Å². The lowest BCUT2D eigenvalue weighted by molar-refractivity contribution is 0.332. The molecule has 0 amide bonds. The summed E-state index contributed by atoms with van der Waals surface area (Å²) in [6, 6.07) is 3.61. The van der Waals surface area contributed by atoms with Crippen molar-refractivity contribution in [2.75, 3.05) is 14.2 Å². The van der Waals surface area contributed by atoms with Gasteiger partial charge in [0.2, 0.25) is 5.75 Å². The Morgan fingerprint density at radius 3 is 2.53 bits per heavy atom. The first-order chi connectivity index (χ1) is 8.08. The van der Waals surface area contributed by atoms with Gasteiger partial charge in [-0.2, -0.15) is 0 Å². The van der Waals surface area contributed by atoms with Crippen molar-refractivity contribution in [2.24, 2.45) is 5.73 Å². The first-order valence-electron chi connectivity index (χ1n) is 5.81. The van der Waals surface area contributed by atoms with Gasteiger partial charge in [0.05, 0.1) is 14.2 Å². The van der Waals surface area contributed by atoms with Crippen molar-refractivity contribution < 1.29 is 14.6 Å². The van der Waals surface area contributed by atoms with Crippen LogP contribution in [0.1, 0.15) is 24.8 Å². The third kappa shape index (κ3) is 2.64. The molecule has 0 spiro atoms. The normalized spacial score (nSPS) is 16.6. The second-order valence-electron chi connectivity index (χ2n) is 4.71. The van der Waals surface area contributed by atoms with Crippen molar-refractivity contribution in [3.8, 4) is 17.2 Å². The zero-order valence-electron chi connectivity index (χ0n) is 10.3. The average molecular weight is 237 g/mol. The smallest absolute Gasteiger partial charge is 0.203 e. The highest BCUT2D eigenvalue weighted by Gasteiger charge is 2.37. The number of aryl methyl sites for hydroxylation is 1. The van der Waals surface area contributed by atoms with Crippen LogP contribution in [0.3, 0.4) is 0 Å². The number of benzene rings is 1. The molecule has 0 bridgehead atoms. The molecule has 4 heteroatoms. The summed E-state index contributed by atoms with van der Waals surface area (Å²) in [4.78, 5) is 0. The topological polar surface area (TPSA) is 64.7 Å². The summed E-state index contributed by atoms with van der Waals surface area (Å²) in [5.41, 5.74) is 7.10. The zero-order chi connectivity index (χ0) is 12.5. The number of nitrogens with two attached hydrogens (primary N) is 1. The number of ether oxygens (including phenoxy) is 2. The predicted octanol–water partition coefficient (Wildman–Crippen LogP) is 1.83. The molecule has 0 unspecified atom stereocenters. The summed E-state index contributed by atoms with van der Waals surface area (Å²) in [6.45, 7) is 0. The van der Waals surface area contributed by atoms with E-state index in [4.69, 9.17) is 15.2 Å². The molecule has 1 aromatic carbocycles. The minimum absolute atomic E-state index is 0.0305. The van der Waals surface area contributed by atoms with Gasteiger partial charge in [0.15, 0.2) is 11.5 Å². The van der Waals surface area contributed by atoms with Gasteiger partial charge in [0.25, 0.3) is 0 Å². The second-order valence-corrected chi connectivity index (χ2v) is 4.71. The third-order valence-corrected chi connectivity index (χ3v) is 3.32. The van der Waals surface area contributed by atoms with Crippen LogP contribution in [0.4, 0.5) is 0 Å². The van der Waals surface area contributed by atoms with Gasteiger partial charge in [0, 0.05) is 5.54 Å². The number of hydrogen-bond donors (Lipinski definition) is 2. The number of rotatable bonds is 5. The Balaban J connectivity index is 2.14. The van der Waals surface area contributed by atoms with Gasteiger partial charge in [-0.05, 0) is 43.4 Å². The van der Waals surface area contributed by atoms with Gasteiger partial charge < -0.3 is 20.3 Å². The van der Waals surface area contributed by atoms with Crippen LogP contribution >= 0.6 is 0 Å². The van der Waals surface area contributed by atoms with Crippen LogP contribution < -0.4 is 15.2 Å². The van der Waals surface area contributed by atoms with E-state index in [1.807, 2.05) is 6.07 Å². The van der Waals surface area contributed by atoms with Gasteiger partial charge in [-0.15, -0.1) is 0 Å². The van der Waals surface area contributed by atoms with Gasteiger partial charge >= 0.3 is 0 Å². The van der Waals surface area contributed by atoms with E-state index in [1.165, 1.54) is 7.11 Å². The predicted molar refractivity (Wildman–Crippen MR) is 65.7 cm³/mol. The Bertz CT molecular complexity index is 413. The summed E-state index contributed by atoms with van der Waals surface area (Å²) >= 11 is 0. The molecule has 1 aliphatic rings. The van der Waals surface area contributed by atoms with Gasteiger partial charge in [-0.1, -0.05) is 0 Å². The minimum Gasteiger partial charge on any atom is -0.504 e. The zero-order valence-corrected chi connectivity index (χ0v) is 10.3. The maximum atomic E-state index is 9.81.